The monoisotopic (exact) mass is 492 g/mol. The molecule has 0 radical (unpaired) electrons. The summed E-state index contributed by atoms with van der Waals surface area (Å²) in [5.74, 6) is -1.03. The molecule has 2 aromatic rings. The molecule has 0 spiro atoms. The molecule has 0 atom stereocenters. The number of rotatable bonds is 6. The molecular formula is C19H18Br2N4O2. The molecule has 2 N–H and O–H groups in total. The van der Waals surface area contributed by atoms with E-state index in [4.69, 9.17) is 0 Å². The summed E-state index contributed by atoms with van der Waals surface area (Å²) in [7, 11) is 0. The second-order valence-corrected chi connectivity index (χ2v) is 7.49. The van der Waals surface area contributed by atoms with Crippen LogP contribution in [0.2, 0.25) is 0 Å². The van der Waals surface area contributed by atoms with E-state index < -0.39 is 11.8 Å². The number of hydrogen-bond donors (Lipinski definition) is 2. The van der Waals surface area contributed by atoms with Crippen LogP contribution in [0, 0.1) is 0 Å². The van der Waals surface area contributed by atoms with Gasteiger partial charge in [0, 0.05) is 8.95 Å². The van der Waals surface area contributed by atoms with Crippen molar-refractivity contribution in [3.63, 3.8) is 0 Å². The molecule has 0 aliphatic rings. The fraction of sp³-hybridized carbons (Fsp3) is 0.158. The SMILES string of the molecule is C/C(=N/NC(=O)CC(=O)N/N=C(/C)c1cccc(Br)c1)c1cccc(Br)c1. The summed E-state index contributed by atoms with van der Waals surface area (Å²) in [4.78, 5) is 23.7. The molecule has 0 aliphatic heterocycles. The first kappa shape index (κ1) is 21.0. The van der Waals surface area contributed by atoms with E-state index in [0.717, 1.165) is 20.1 Å². The van der Waals surface area contributed by atoms with Gasteiger partial charge < -0.3 is 0 Å². The number of nitrogens with one attached hydrogen (secondary N) is 2. The highest BCUT2D eigenvalue weighted by atomic mass is 79.9. The van der Waals surface area contributed by atoms with Gasteiger partial charge in [-0.2, -0.15) is 10.2 Å². The van der Waals surface area contributed by atoms with Crippen molar-refractivity contribution in [1.29, 1.82) is 0 Å². The van der Waals surface area contributed by atoms with Gasteiger partial charge in [0.2, 0.25) is 11.8 Å². The summed E-state index contributed by atoms with van der Waals surface area (Å²) >= 11 is 6.77. The Morgan fingerprint density at radius 2 is 1.22 bits per heavy atom. The van der Waals surface area contributed by atoms with Crippen molar-refractivity contribution >= 4 is 55.1 Å². The summed E-state index contributed by atoms with van der Waals surface area (Å²) < 4.78 is 1.83. The summed E-state index contributed by atoms with van der Waals surface area (Å²) in [6.07, 6.45) is -0.371. The number of carbonyl (C=O) groups excluding carboxylic acids is 2. The average Bonchev–Trinajstić information content (AvgIpc) is 2.64. The molecule has 27 heavy (non-hydrogen) atoms. The van der Waals surface area contributed by atoms with Crippen molar-refractivity contribution in [1.82, 2.24) is 10.9 Å². The Morgan fingerprint density at radius 1 is 0.815 bits per heavy atom. The highest BCUT2D eigenvalue weighted by Crippen LogP contribution is 2.13. The Kier molecular flexibility index (Phi) is 7.87. The van der Waals surface area contributed by atoms with Crippen molar-refractivity contribution in [2.24, 2.45) is 10.2 Å². The maximum Gasteiger partial charge on any atom is 0.249 e. The normalized spacial score (nSPS) is 11.9. The van der Waals surface area contributed by atoms with E-state index in [0.29, 0.717) is 11.4 Å². The molecule has 0 heterocycles. The number of hydrazone groups is 2. The molecule has 0 bridgehead atoms. The second kappa shape index (κ2) is 10.1. The van der Waals surface area contributed by atoms with Gasteiger partial charge in [-0.05, 0) is 49.2 Å². The van der Waals surface area contributed by atoms with E-state index in [9.17, 15) is 9.59 Å². The van der Waals surface area contributed by atoms with Gasteiger partial charge >= 0.3 is 0 Å². The van der Waals surface area contributed by atoms with Crippen LogP contribution in [0.5, 0.6) is 0 Å². The zero-order valence-electron chi connectivity index (χ0n) is 14.8. The molecule has 0 aliphatic carbocycles. The first-order valence-electron chi connectivity index (χ1n) is 8.03. The largest absolute Gasteiger partial charge is 0.273 e. The molecule has 2 rings (SSSR count). The average molecular weight is 494 g/mol. The van der Waals surface area contributed by atoms with E-state index in [1.54, 1.807) is 13.8 Å². The van der Waals surface area contributed by atoms with Crippen LogP contribution in [-0.4, -0.2) is 23.2 Å². The van der Waals surface area contributed by atoms with Crippen LogP contribution in [0.4, 0.5) is 0 Å². The zero-order chi connectivity index (χ0) is 19.8. The van der Waals surface area contributed by atoms with E-state index in [1.807, 2.05) is 48.5 Å². The number of halogens is 2. The topological polar surface area (TPSA) is 82.9 Å². The Hall–Kier alpha value is -2.32. The lowest BCUT2D eigenvalue weighted by molar-refractivity contribution is -0.129. The minimum atomic E-state index is -0.517. The first-order chi connectivity index (χ1) is 12.8. The molecule has 2 aromatic carbocycles. The number of amides is 2. The van der Waals surface area contributed by atoms with Crippen molar-refractivity contribution in [3.8, 4) is 0 Å². The number of benzene rings is 2. The van der Waals surface area contributed by atoms with E-state index in [-0.39, 0.29) is 6.42 Å². The molecule has 0 unspecified atom stereocenters. The van der Waals surface area contributed by atoms with Crippen molar-refractivity contribution in [2.45, 2.75) is 20.3 Å². The van der Waals surface area contributed by atoms with Crippen molar-refractivity contribution in [3.05, 3.63) is 68.6 Å². The predicted molar refractivity (Wildman–Crippen MR) is 114 cm³/mol. The molecule has 0 saturated heterocycles. The Labute approximate surface area is 174 Å². The van der Waals surface area contributed by atoms with E-state index in [1.165, 1.54) is 0 Å². The molecule has 0 aromatic heterocycles. The van der Waals surface area contributed by atoms with Gasteiger partial charge in [-0.15, -0.1) is 0 Å². The fourth-order valence-electron chi connectivity index (χ4n) is 2.07. The van der Waals surface area contributed by atoms with Crippen LogP contribution in [-0.2, 0) is 9.59 Å². The Bertz CT molecular complexity index is 837. The summed E-state index contributed by atoms with van der Waals surface area (Å²) in [5, 5.41) is 8.03. The zero-order valence-corrected chi connectivity index (χ0v) is 18.0. The third-order valence-corrected chi connectivity index (χ3v) is 4.49. The molecule has 6 nitrogen and oxygen atoms in total. The van der Waals surface area contributed by atoms with Crippen molar-refractivity contribution < 1.29 is 9.59 Å². The highest BCUT2D eigenvalue weighted by molar-refractivity contribution is 9.10. The Balaban J connectivity index is 1.87. The Morgan fingerprint density at radius 3 is 1.59 bits per heavy atom. The standard InChI is InChI=1S/C19H18Br2N4O2/c1-12(14-5-3-7-16(20)9-14)22-24-18(26)11-19(27)25-23-13(2)15-6-4-8-17(21)10-15/h3-10H,11H2,1-2H3,(H,24,26)(H,25,27)/b22-12-,23-13-. The molecular weight excluding hydrogens is 476 g/mol. The number of nitrogens with zero attached hydrogens (tertiary/aromatic N) is 2. The fourth-order valence-corrected chi connectivity index (χ4v) is 2.87. The van der Waals surface area contributed by atoms with Crippen LogP contribution in [0.1, 0.15) is 31.4 Å². The van der Waals surface area contributed by atoms with Crippen LogP contribution in [0.3, 0.4) is 0 Å². The molecule has 2 amide bonds. The minimum absolute atomic E-state index is 0.371. The number of carbonyl (C=O) groups is 2. The maximum atomic E-state index is 11.9. The minimum Gasteiger partial charge on any atom is -0.273 e. The molecule has 8 heteroatoms. The summed E-state index contributed by atoms with van der Waals surface area (Å²) in [6.45, 7) is 3.54. The van der Waals surface area contributed by atoms with Gasteiger partial charge in [-0.3, -0.25) is 9.59 Å². The lowest BCUT2D eigenvalue weighted by Crippen LogP contribution is -2.28. The third-order valence-electron chi connectivity index (χ3n) is 3.50. The van der Waals surface area contributed by atoms with Gasteiger partial charge in [-0.25, -0.2) is 10.9 Å². The van der Waals surface area contributed by atoms with Gasteiger partial charge in [0.05, 0.1) is 11.4 Å². The first-order valence-corrected chi connectivity index (χ1v) is 9.62. The quantitative estimate of drug-likeness (QED) is 0.362. The maximum absolute atomic E-state index is 11.9. The summed E-state index contributed by atoms with van der Waals surface area (Å²) in [6, 6.07) is 15.1. The summed E-state index contributed by atoms with van der Waals surface area (Å²) in [5.41, 5.74) is 7.75. The predicted octanol–water partition coefficient (Wildman–Crippen LogP) is 3.98. The van der Waals surface area contributed by atoms with E-state index >= 15 is 0 Å². The van der Waals surface area contributed by atoms with Gasteiger partial charge in [0.15, 0.2) is 0 Å². The van der Waals surface area contributed by atoms with Gasteiger partial charge in [-0.1, -0.05) is 56.1 Å². The molecule has 0 fully saturated rings. The lowest BCUT2D eigenvalue weighted by Gasteiger charge is -2.04. The molecule has 140 valence electrons. The third kappa shape index (κ3) is 7.07. The number of hydrogen-bond acceptors (Lipinski definition) is 4. The van der Waals surface area contributed by atoms with Gasteiger partial charge in [0.1, 0.15) is 6.42 Å². The van der Waals surface area contributed by atoms with Crippen LogP contribution in [0.15, 0.2) is 67.7 Å². The van der Waals surface area contributed by atoms with Crippen molar-refractivity contribution in [2.75, 3.05) is 0 Å². The highest BCUT2D eigenvalue weighted by Gasteiger charge is 2.09. The van der Waals surface area contributed by atoms with E-state index in [2.05, 4.69) is 52.9 Å². The second-order valence-electron chi connectivity index (χ2n) is 5.66. The van der Waals surface area contributed by atoms with Crippen LogP contribution in [0.25, 0.3) is 0 Å². The smallest absolute Gasteiger partial charge is 0.249 e. The lowest BCUT2D eigenvalue weighted by atomic mass is 10.1. The molecule has 0 saturated carbocycles. The van der Waals surface area contributed by atoms with Gasteiger partial charge in [0.25, 0.3) is 0 Å². The van der Waals surface area contributed by atoms with Crippen LogP contribution < -0.4 is 10.9 Å². The van der Waals surface area contributed by atoms with Crippen LogP contribution >= 0.6 is 31.9 Å².